The average molecular weight is 964 g/mol. The first-order valence-electron chi connectivity index (χ1n) is 19.0. The molecule has 4 N–H and O–H groups in total. The van der Waals surface area contributed by atoms with Gasteiger partial charge in [0.25, 0.3) is 0 Å². The van der Waals surface area contributed by atoms with Crippen LogP contribution in [-0.4, -0.2) is 145 Å². The molecule has 15 nitrogen and oxygen atoms in total. The molecule has 1 saturated heterocycles. The highest BCUT2D eigenvalue weighted by molar-refractivity contribution is 7.89. The summed E-state index contributed by atoms with van der Waals surface area (Å²) in [4.78, 5) is 52.4. The topological polar surface area (TPSA) is 204 Å². The Morgan fingerprint density at radius 2 is 1.43 bits per heavy atom. The number of hydrogen-bond acceptors (Lipinski definition) is 9. The Morgan fingerprint density at radius 1 is 0.905 bits per heavy atom. The molecular formula is C39H48Cl2F6N5O10S+. The molecule has 1 atom stereocenters. The lowest BCUT2D eigenvalue weighted by atomic mass is 9.96. The van der Waals surface area contributed by atoms with Gasteiger partial charge in [0.2, 0.25) is 21.8 Å². The van der Waals surface area contributed by atoms with E-state index in [-0.39, 0.29) is 52.9 Å². The summed E-state index contributed by atoms with van der Waals surface area (Å²) in [6.45, 7) is 5.40. The first-order chi connectivity index (χ1) is 28.9. The van der Waals surface area contributed by atoms with Crippen molar-refractivity contribution in [2.45, 2.75) is 81.4 Å². The molecule has 0 bridgehead atoms. The van der Waals surface area contributed by atoms with E-state index in [1.54, 1.807) is 15.9 Å². The number of carbonyl (C=O) groups excluding carboxylic acids is 2. The molecule has 2 amide bonds. The van der Waals surface area contributed by atoms with Gasteiger partial charge in [0.05, 0.1) is 32.6 Å². The van der Waals surface area contributed by atoms with E-state index >= 15 is 0 Å². The highest BCUT2D eigenvalue weighted by atomic mass is 35.5. The Bertz CT molecular complexity index is 2240. The Labute approximate surface area is 369 Å². The Morgan fingerprint density at radius 3 is 1.94 bits per heavy atom. The van der Waals surface area contributed by atoms with E-state index < -0.39 is 46.0 Å². The number of piperazine rings is 1. The Hall–Kier alpha value is -4.48. The molecule has 63 heavy (non-hydrogen) atoms. The number of fused-ring (bicyclic) bond motifs is 1. The largest absolute Gasteiger partial charge is 0.490 e. The molecule has 1 aliphatic carbocycles. The third-order valence-corrected chi connectivity index (χ3v) is 12.2. The third-order valence-electron chi connectivity index (χ3n) is 9.72. The van der Waals surface area contributed by atoms with Crippen molar-refractivity contribution in [3.05, 3.63) is 63.3 Å². The number of pyridine rings is 1. The summed E-state index contributed by atoms with van der Waals surface area (Å²) in [6, 6.07) is 10.4. The molecule has 0 radical (unpaired) electrons. The van der Waals surface area contributed by atoms with Crippen molar-refractivity contribution in [3.8, 4) is 5.75 Å². The van der Waals surface area contributed by atoms with E-state index in [1.165, 1.54) is 12.1 Å². The summed E-state index contributed by atoms with van der Waals surface area (Å²) in [5, 5.41) is 25.7. The zero-order valence-electron chi connectivity index (χ0n) is 34.7. The summed E-state index contributed by atoms with van der Waals surface area (Å²) >= 11 is 13.3. The lowest BCUT2D eigenvalue weighted by Crippen LogP contribution is -2.61. The number of quaternary nitrogens is 1. The molecule has 0 unspecified atom stereocenters. The molecule has 2 aliphatic rings. The lowest BCUT2D eigenvalue weighted by Gasteiger charge is -2.40. The molecule has 1 aliphatic heterocycles. The van der Waals surface area contributed by atoms with E-state index in [2.05, 4.69) is 9.71 Å². The molecular weight excluding hydrogens is 915 g/mol. The average Bonchev–Trinajstić information content (AvgIpc) is 3.62. The molecule has 5 rings (SSSR count). The maximum absolute atomic E-state index is 14.0. The van der Waals surface area contributed by atoms with Crippen molar-refractivity contribution in [3.63, 3.8) is 0 Å². The quantitative estimate of drug-likeness (QED) is 0.135. The molecule has 2 heterocycles. The summed E-state index contributed by atoms with van der Waals surface area (Å²) in [5.74, 6) is -5.47. The Balaban J connectivity index is 0.000000650. The number of alkyl halides is 6. The molecule has 2 fully saturated rings. The molecule has 0 spiro atoms. The number of likely N-dealkylation sites (N-methyl/N-ethyl adjacent to an activating group) is 1. The smallest absolute Gasteiger partial charge is 0.487 e. The van der Waals surface area contributed by atoms with Gasteiger partial charge in [0.1, 0.15) is 41.0 Å². The number of hydrogen-bond donors (Lipinski definition) is 4. The van der Waals surface area contributed by atoms with Gasteiger partial charge in [0.15, 0.2) is 0 Å². The predicted octanol–water partition coefficient (Wildman–Crippen LogP) is 5.72. The molecule has 24 heteroatoms. The van der Waals surface area contributed by atoms with Gasteiger partial charge >= 0.3 is 24.3 Å². The van der Waals surface area contributed by atoms with Crippen LogP contribution in [-0.2, 0) is 35.8 Å². The second-order valence-electron chi connectivity index (χ2n) is 15.9. The van der Waals surface area contributed by atoms with Crippen LogP contribution < -0.4 is 9.46 Å². The number of sulfonamides is 1. The van der Waals surface area contributed by atoms with E-state index in [0.29, 0.717) is 66.6 Å². The highest BCUT2D eigenvalue weighted by Gasteiger charge is 2.48. The minimum Gasteiger partial charge on any atom is -0.487 e. The van der Waals surface area contributed by atoms with Gasteiger partial charge in [-0.2, -0.15) is 31.1 Å². The summed E-state index contributed by atoms with van der Waals surface area (Å²) in [7, 11) is 1.56. The van der Waals surface area contributed by atoms with Gasteiger partial charge < -0.3 is 34.3 Å². The number of nitrogens with zero attached hydrogens (tertiary/aromatic N) is 4. The van der Waals surface area contributed by atoms with E-state index in [4.69, 9.17) is 47.7 Å². The fourth-order valence-electron chi connectivity index (χ4n) is 6.88. The number of carbonyl (C=O) groups is 4. The minimum absolute atomic E-state index is 0.0141. The number of aliphatic hydroxyl groups excluding tert-OH is 1. The Kier molecular flexibility index (Phi) is 17.6. The van der Waals surface area contributed by atoms with Gasteiger partial charge in [-0.1, -0.05) is 48.2 Å². The van der Waals surface area contributed by atoms with Crippen molar-refractivity contribution in [2.75, 3.05) is 53.9 Å². The van der Waals surface area contributed by atoms with Crippen molar-refractivity contribution in [1.82, 2.24) is 19.5 Å². The maximum atomic E-state index is 14.0. The van der Waals surface area contributed by atoms with Crippen LogP contribution in [0.5, 0.6) is 5.75 Å². The fraction of sp³-hybridized carbons (Fsp3) is 0.513. The van der Waals surface area contributed by atoms with E-state index in [1.807, 2.05) is 53.2 Å². The van der Waals surface area contributed by atoms with Crippen LogP contribution in [0.4, 0.5) is 26.3 Å². The number of carboxylic acids is 2. The summed E-state index contributed by atoms with van der Waals surface area (Å²) < 4.78 is 101. The number of aromatic nitrogens is 1. The van der Waals surface area contributed by atoms with Crippen LogP contribution in [0.3, 0.4) is 0 Å². The number of nitrogens with one attached hydrogen (secondary N) is 1. The molecule has 350 valence electrons. The van der Waals surface area contributed by atoms with Crippen LogP contribution in [0, 0.1) is 13.8 Å². The monoisotopic (exact) mass is 962 g/mol. The van der Waals surface area contributed by atoms with E-state index in [9.17, 15) is 49.5 Å². The minimum atomic E-state index is -5.08. The second-order valence-corrected chi connectivity index (χ2v) is 18.3. The fourth-order valence-corrected chi connectivity index (χ4v) is 9.18. The number of benzene rings is 2. The van der Waals surface area contributed by atoms with Gasteiger partial charge in [0, 0.05) is 47.8 Å². The van der Waals surface area contributed by atoms with Gasteiger partial charge in [-0.15, -0.1) is 0 Å². The number of rotatable bonds is 11. The summed E-state index contributed by atoms with van der Waals surface area (Å²) in [5.41, 5.74) is 1.54. The number of aryl methyl sites for hydroxylation is 2. The van der Waals surface area contributed by atoms with Crippen LogP contribution in [0.1, 0.15) is 48.9 Å². The molecule has 3 aromatic rings. The number of amides is 2. The zero-order valence-corrected chi connectivity index (χ0v) is 37.1. The van der Waals surface area contributed by atoms with Crippen molar-refractivity contribution < 1.29 is 78.5 Å². The van der Waals surface area contributed by atoms with Gasteiger partial charge in [-0.05, 0) is 56.5 Å². The first kappa shape index (κ1) is 52.9. The van der Waals surface area contributed by atoms with Crippen LogP contribution >= 0.6 is 23.2 Å². The number of halogens is 8. The highest BCUT2D eigenvalue weighted by Crippen LogP contribution is 2.37. The standard InChI is InChI=1S/C35H46Cl2N5O6S.2C2HF3O2/c1-23-19-24(2)38-33-26(23)9-8-10-29(33)48-22-27-28(36)11-12-30(32(27)37)49(46,47)39-35(13-6-7-14-35)34(45)41-17-15-40(16-18-41)31(44)20-25(43)21-42(3,4)5;2*3-2(4,5)1(6)7/h8-12,19,25,39,43H,6-7,13-18,20-22H2,1-5H3;2*(H,6,7)/q+1;;/t25-;;/m0../s1. The van der Waals surface area contributed by atoms with Crippen molar-refractivity contribution >= 4 is 67.9 Å². The summed E-state index contributed by atoms with van der Waals surface area (Å²) in [6.07, 6.45) is -8.87. The van der Waals surface area contributed by atoms with Crippen LogP contribution in [0.2, 0.25) is 10.0 Å². The maximum Gasteiger partial charge on any atom is 0.490 e. The first-order valence-corrected chi connectivity index (χ1v) is 21.3. The number of ether oxygens (including phenoxy) is 1. The lowest BCUT2D eigenvalue weighted by molar-refractivity contribution is -0.873. The third kappa shape index (κ3) is 14.8. The van der Waals surface area contributed by atoms with Gasteiger partial charge in [-0.25, -0.2) is 23.0 Å². The van der Waals surface area contributed by atoms with Gasteiger partial charge in [-0.3, -0.25) is 9.59 Å². The number of carboxylic acid groups (broad SMARTS) is 2. The van der Waals surface area contributed by atoms with Crippen LogP contribution in [0.15, 0.2) is 41.3 Å². The van der Waals surface area contributed by atoms with Crippen molar-refractivity contribution in [1.29, 1.82) is 0 Å². The molecule has 1 saturated carbocycles. The zero-order chi connectivity index (χ0) is 47.9. The number of aliphatic hydroxyl groups is 1. The molecule has 1 aromatic heterocycles. The SMILES string of the molecule is Cc1cc(C)c2cccc(OCc3c(Cl)ccc(S(=O)(=O)NC4(C(=O)N5CCN(C(=O)C[C@H](O)C[N+](C)(C)C)CC5)CCCC4)c3Cl)c2n1.O=C(O)C(F)(F)F.O=C(O)C(F)(F)F. The second kappa shape index (κ2) is 21.0. The van der Waals surface area contributed by atoms with E-state index in [0.717, 1.165) is 16.6 Å². The van der Waals surface area contributed by atoms with Crippen molar-refractivity contribution in [2.24, 2.45) is 0 Å². The van der Waals surface area contributed by atoms with Crippen LogP contribution in [0.25, 0.3) is 10.9 Å². The normalized spacial score (nSPS) is 16.0. The predicted molar refractivity (Wildman–Crippen MR) is 218 cm³/mol. The number of aliphatic carboxylic acids is 2. The molecule has 2 aromatic carbocycles. The number of para-hydroxylation sites is 1.